The van der Waals surface area contributed by atoms with E-state index in [1.807, 2.05) is 38.1 Å². The highest BCUT2D eigenvalue weighted by Gasteiger charge is 2.20. The van der Waals surface area contributed by atoms with Crippen LogP contribution in [-0.4, -0.2) is 38.9 Å². The SMILES string of the molecule is CC(C)Oc1ccc(-c2nc(-c3ccc4c(c3)CCCN(C(=O)O)C4)no2)cc1Cl. The third-order valence-electron chi connectivity index (χ3n) is 4.94. The zero-order chi connectivity index (χ0) is 21.3. The number of aromatic nitrogens is 2. The normalized spacial score (nSPS) is 13.8. The van der Waals surface area contributed by atoms with E-state index in [0.717, 1.165) is 29.5 Å². The van der Waals surface area contributed by atoms with Gasteiger partial charge in [0.2, 0.25) is 5.82 Å². The summed E-state index contributed by atoms with van der Waals surface area (Å²) in [5, 5.41) is 13.9. The molecule has 7 nitrogen and oxygen atoms in total. The topological polar surface area (TPSA) is 88.7 Å². The van der Waals surface area contributed by atoms with E-state index in [4.69, 9.17) is 20.9 Å². The van der Waals surface area contributed by atoms with Gasteiger partial charge in [0.1, 0.15) is 5.75 Å². The van der Waals surface area contributed by atoms with E-state index in [2.05, 4.69) is 10.1 Å². The van der Waals surface area contributed by atoms with Gasteiger partial charge in [-0.15, -0.1) is 0 Å². The smallest absolute Gasteiger partial charge is 0.407 e. The molecule has 0 unspecified atom stereocenters. The quantitative estimate of drug-likeness (QED) is 0.610. The third kappa shape index (κ3) is 4.26. The number of amides is 1. The average Bonchev–Trinajstić information content (AvgIpc) is 3.09. The first kappa shape index (κ1) is 20.2. The minimum Gasteiger partial charge on any atom is -0.489 e. The van der Waals surface area contributed by atoms with Crippen LogP contribution in [0.2, 0.25) is 5.02 Å². The molecule has 1 aliphatic rings. The van der Waals surface area contributed by atoms with Crippen LogP contribution < -0.4 is 4.74 Å². The van der Waals surface area contributed by atoms with Crippen LogP contribution >= 0.6 is 11.6 Å². The molecule has 2 aromatic carbocycles. The molecule has 0 atom stereocenters. The second kappa shape index (κ2) is 8.36. The standard InChI is InChI=1S/C22H22ClN3O4/c1-13(2)29-19-8-7-16(11-18(19)23)21-24-20(25-30-21)15-5-6-17-12-26(22(27)28)9-3-4-14(17)10-15/h5-8,10-11,13H,3-4,9,12H2,1-2H3,(H,27,28). The number of nitrogens with zero attached hydrogens (tertiary/aromatic N) is 3. The number of rotatable bonds is 4. The molecule has 1 N–H and O–H groups in total. The summed E-state index contributed by atoms with van der Waals surface area (Å²) in [6.45, 7) is 4.80. The Balaban J connectivity index is 1.58. The molecule has 0 aliphatic carbocycles. The zero-order valence-electron chi connectivity index (χ0n) is 16.8. The monoisotopic (exact) mass is 427 g/mol. The molecular weight excluding hydrogens is 406 g/mol. The van der Waals surface area contributed by atoms with Crippen LogP contribution in [0, 0.1) is 0 Å². The summed E-state index contributed by atoms with van der Waals surface area (Å²) in [5.41, 5.74) is 3.66. The molecular formula is C22H22ClN3O4. The Kier molecular flexibility index (Phi) is 5.63. The summed E-state index contributed by atoms with van der Waals surface area (Å²) in [5.74, 6) is 1.46. The summed E-state index contributed by atoms with van der Waals surface area (Å²) in [6, 6.07) is 11.2. The molecule has 0 saturated carbocycles. The van der Waals surface area contributed by atoms with Gasteiger partial charge in [-0.1, -0.05) is 28.9 Å². The number of hydrogen-bond acceptors (Lipinski definition) is 5. The van der Waals surface area contributed by atoms with E-state index in [1.54, 1.807) is 12.1 Å². The molecule has 1 aromatic heterocycles. The largest absolute Gasteiger partial charge is 0.489 e. The molecule has 1 aliphatic heterocycles. The van der Waals surface area contributed by atoms with Gasteiger partial charge in [0.25, 0.3) is 5.89 Å². The predicted octanol–water partition coefficient (Wildman–Crippen LogP) is 5.27. The van der Waals surface area contributed by atoms with Crippen LogP contribution in [0.5, 0.6) is 5.75 Å². The Labute approximate surface area is 179 Å². The molecule has 0 spiro atoms. The van der Waals surface area contributed by atoms with E-state index in [1.165, 1.54) is 4.90 Å². The van der Waals surface area contributed by atoms with Crippen molar-refractivity contribution in [2.45, 2.75) is 39.3 Å². The van der Waals surface area contributed by atoms with Gasteiger partial charge < -0.3 is 19.3 Å². The van der Waals surface area contributed by atoms with Gasteiger partial charge in [-0.25, -0.2) is 4.79 Å². The van der Waals surface area contributed by atoms with Crippen molar-refractivity contribution in [3.05, 3.63) is 52.5 Å². The first-order chi connectivity index (χ1) is 14.4. The Morgan fingerprint density at radius 3 is 2.73 bits per heavy atom. The van der Waals surface area contributed by atoms with Crippen molar-refractivity contribution < 1.29 is 19.2 Å². The molecule has 3 aromatic rings. The maximum Gasteiger partial charge on any atom is 0.407 e. The number of benzene rings is 2. The van der Waals surface area contributed by atoms with Crippen LogP contribution in [-0.2, 0) is 13.0 Å². The van der Waals surface area contributed by atoms with Gasteiger partial charge in [-0.05, 0) is 62.1 Å². The first-order valence-electron chi connectivity index (χ1n) is 9.81. The summed E-state index contributed by atoms with van der Waals surface area (Å²) in [6.07, 6.45) is 0.728. The van der Waals surface area contributed by atoms with Crippen molar-refractivity contribution in [2.75, 3.05) is 6.54 Å². The molecule has 0 saturated heterocycles. The lowest BCUT2D eigenvalue weighted by molar-refractivity contribution is 0.143. The van der Waals surface area contributed by atoms with Gasteiger partial charge >= 0.3 is 6.09 Å². The highest BCUT2D eigenvalue weighted by Crippen LogP contribution is 2.32. The number of carbonyl (C=O) groups is 1. The van der Waals surface area contributed by atoms with Crippen LogP contribution in [0.4, 0.5) is 4.79 Å². The number of halogens is 1. The van der Waals surface area contributed by atoms with Gasteiger partial charge in [-0.3, -0.25) is 0 Å². The summed E-state index contributed by atoms with van der Waals surface area (Å²) >= 11 is 6.32. The van der Waals surface area contributed by atoms with Crippen LogP contribution in [0.15, 0.2) is 40.9 Å². The maximum atomic E-state index is 11.3. The van der Waals surface area contributed by atoms with E-state index in [-0.39, 0.29) is 6.10 Å². The number of fused-ring (bicyclic) bond motifs is 1. The molecule has 0 bridgehead atoms. The number of carboxylic acid groups (broad SMARTS) is 1. The van der Waals surface area contributed by atoms with E-state index in [0.29, 0.717) is 41.1 Å². The lowest BCUT2D eigenvalue weighted by Crippen LogP contribution is -2.28. The van der Waals surface area contributed by atoms with Crippen LogP contribution in [0.1, 0.15) is 31.4 Å². The molecule has 156 valence electrons. The van der Waals surface area contributed by atoms with Crippen molar-refractivity contribution in [3.8, 4) is 28.6 Å². The van der Waals surface area contributed by atoms with Crippen molar-refractivity contribution in [3.63, 3.8) is 0 Å². The van der Waals surface area contributed by atoms with Crippen molar-refractivity contribution in [1.82, 2.24) is 15.0 Å². The fourth-order valence-electron chi connectivity index (χ4n) is 3.50. The van der Waals surface area contributed by atoms with Gasteiger partial charge in [0.05, 0.1) is 11.1 Å². The fourth-order valence-corrected chi connectivity index (χ4v) is 3.73. The van der Waals surface area contributed by atoms with E-state index < -0.39 is 6.09 Å². The number of ether oxygens (including phenoxy) is 1. The lowest BCUT2D eigenvalue weighted by Gasteiger charge is -2.16. The molecule has 2 heterocycles. The highest BCUT2D eigenvalue weighted by atomic mass is 35.5. The third-order valence-corrected chi connectivity index (χ3v) is 5.23. The minimum atomic E-state index is -0.891. The second-order valence-electron chi connectivity index (χ2n) is 7.53. The van der Waals surface area contributed by atoms with Crippen molar-refractivity contribution in [2.24, 2.45) is 0 Å². The Bertz CT molecular complexity index is 1080. The predicted molar refractivity (Wildman–Crippen MR) is 113 cm³/mol. The van der Waals surface area contributed by atoms with Gasteiger partial charge in [0.15, 0.2) is 0 Å². The maximum absolute atomic E-state index is 11.3. The summed E-state index contributed by atoms with van der Waals surface area (Å²) in [4.78, 5) is 17.3. The van der Waals surface area contributed by atoms with E-state index in [9.17, 15) is 9.90 Å². The molecule has 1 amide bonds. The Morgan fingerprint density at radius 1 is 1.20 bits per heavy atom. The Hall–Kier alpha value is -3.06. The van der Waals surface area contributed by atoms with Gasteiger partial charge in [0, 0.05) is 24.2 Å². The number of aryl methyl sites for hydroxylation is 1. The van der Waals surface area contributed by atoms with Crippen molar-refractivity contribution >= 4 is 17.7 Å². The van der Waals surface area contributed by atoms with E-state index >= 15 is 0 Å². The minimum absolute atomic E-state index is 0.0270. The summed E-state index contributed by atoms with van der Waals surface area (Å²) < 4.78 is 11.1. The van der Waals surface area contributed by atoms with Gasteiger partial charge in [-0.2, -0.15) is 4.98 Å². The molecule has 8 heteroatoms. The average molecular weight is 428 g/mol. The second-order valence-corrected chi connectivity index (χ2v) is 7.93. The van der Waals surface area contributed by atoms with Crippen molar-refractivity contribution in [1.29, 1.82) is 0 Å². The molecule has 30 heavy (non-hydrogen) atoms. The zero-order valence-corrected chi connectivity index (χ0v) is 17.5. The first-order valence-corrected chi connectivity index (χ1v) is 10.2. The highest BCUT2D eigenvalue weighted by molar-refractivity contribution is 6.32. The molecule has 0 fully saturated rings. The molecule has 4 rings (SSSR count). The fraction of sp³-hybridized carbons (Fsp3) is 0.318. The van der Waals surface area contributed by atoms with Crippen LogP contribution in [0.3, 0.4) is 0 Å². The summed E-state index contributed by atoms with van der Waals surface area (Å²) in [7, 11) is 0. The Morgan fingerprint density at radius 2 is 2.00 bits per heavy atom. The number of hydrogen-bond donors (Lipinski definition) is 1. The lowest BCUT2D eigenvalue weighted by atomic mass is 10.0. The van der Waals surface area contributed by atoms with Crippen LogP contribution in [0.25, 0.3) is 22.8 Å². The molecule has 0 radical (unpaired) electrons.